The molecule has 0 spiro atoms. The van der Waals surface area contributed by atoms with E-state index in [0.717, 1.165) is 17.1 Å². The first kappa shape index (κ1) is 9.49. The zero-order valence-corrected chi connectivity index (χ0v) is 8.98. The van der Waals surface area contributed by atoms with Gasteiger partial charge in [-0.2, -0.15) is 0 Å². The van der Waals surface area contributed by atoms with Crippen LogP contribution >= 0.6 is 22.9 Å². The molecule has 0 aliphatic heterocycles. The number of anilines is 1. The summed E-state index contributed by atoms with van der Waals surface area (Å²) in [7, 11) is 0. The van der Waals surface area contributed by atoms with Crippen LogP contribution in [0.3, 0.4) is 0 Å². The van der Waals surface area contributed by atoms with E-state index in [0.29, 0.717) is 5.13 Å². The molecule has 0 saturated carbocycles. The van der Waals surface area contributed by atoms with E-state index < -0.39 is 0 Å². The monoisotopic (exact) mass is 224 g/mol. The van der Waals surface area contributed by atoms with Crippen LogP contribution in [-0.2, 0) is 6.42 Å². The second kappa shape index (κ2) is 3.98. The first-order valence-electron chi connectivity index (χ1n) is 4.18. The third kappa shape index (κ3) is 2.25. The minimum absolute atomic E-state index is 0.619. The van der Waals surface area contributed by atoms with E-state index in [9.17, 15) is 0 Å². The Balaban J connectivity index is 2.15. The van der Waals surface area contributed by atoms with Gasteiger partial charge in [0.2, 0.25) is 0 Å². The topological polar surface area (TPSA) is 38.9 Å². The lowest BCUT2D eigenvalue weighted by Crippen LogP contribution is -1.89. The summed E-state index contributed by atoms with van der Waals surface area (Å²) in [6.45, 7) is 0. The van der Waals surface area contributed by atoms with Crippen molar-refractivity contribution in [2.24, 2.45) is 0 Å². The van der Waals surface area contributed by atoms with Crippen molar-refractivity contribution in [2.45, 2.75) is 6.42 Å². The van der Waals surface area contributed by atoms with E-state index in [4.69, 9.17) is 17.3 Å². The van der Waals surface area contributed by atoms with Gasteiger partial charge in [-0.05, 0) is 17.7 Å². The maximum absolute atomic E-state index is 5.79. The summed E-state index contributed by atoms with van der Waals surface area (Å²) in [5.74, 6) is 0. The Morgan fingerprint density at radius 3 is 2.57 bits per heavy atom. The van der Waals surface area contributed by atoms with Gasteiger partial charge in [0.15, 0.2) is 5.13 Å². The van der Waals surface area contributed by atoms with Gasteiger partial charge < -0.3 is 5.73 Å². The second-order valence-corrected chi connectivity index (χ2v) is 4.31. The summed E-state index contributed by atoms with van der Waals surface area (Å²) in [6.07, 6.45) is 0.810. The Labute approximate surface area is 91.4 Å². The molecule has 0 fully saturated rings. The van der Waals surface area contributed by atoms with Crippen LogP contribution in [0.25, 0.3) is 0 Å². The lowest BCUT2D eigenvalue weighted by Gasteiger charge is -1.97. The molecule has 0 amide bonds. The Bertz CT molecular complexity index is 422. The molecule has 4 heteroatoms. The van der Waals surface area contributed by atoms with Crippen LogP contribution < -0.4 is 5.73 Å². The molecule has 0 bridgehead atoms. The molecule has 0 aliphatic carbocycles. The van der Waals surface area contributed by atoms with Crippen molar-refractivity contribution in [3.05, 3.63) is 45.9 Å². The van der Waals surface area contributed by atoms with Gasteiger partial charge >= 0.3 is 0 Å². The zero-order valence-electron chi connectivity index (χ0n) is 7.40. The van der Waals surface area contributed by atoms with Gasteiger partial charge in [0.1, 0.15) is 0 Å². The molecule has 0 aliphatic rings. The smallest absolute Gasteiger partial charge is 0.180 e. The molecule has 1 aromatic carbocycles. The second-order valence-electron chi connectivity index (χ2n) is 2.98. The Hall–Kier alpha value is -1.06. The Morgan fingerprint density at radius 1 is 1.29 bits per heavy atom. The minimum atomic E-state index is 0.619. The van der Waals surface area contributed by atoms with Crippen LogP contribution in [0.15, 0.2) is 29.6 Å². The molecule has 2 aromatic rings. The number of aromatic nitrogens is 1. The molecule has 2 N–H and O–H groups in total. The number of hydrogen-bond donors (Lipinski definition) is 1. The predicted octanol–water partition coefficient (Wildman–Crippen LogP) is 2.97. The van der Waals surface area contributed by atoms with Crippen molar-refractivity contribution in [3.8, 4) is 0 Å². The van der Waals surface area contributed by atoms with Crippen molar-refractivity contribution in [3.63, 3.8) is 0 Å². The number of hydrogen-bond acceptors (Lipinski definition) is 3. The number of halogens is 1. The third-order valence-corrected chi connectivity index (χ3v) is 2.84. The normalized spacial score (nSPS) is 10.4. The van der Waals surface area contributed by atoms with Crippen LogP contribution in [0.4, 0.5) is 5.13 Å². The van der Waals surface area contributed by atoms with E-state index in [2.05, 4.69) is 4.98 Å². The summed E-state index contributed by atoms with van der Waals surface area (Å²) >= 11 is 7.25. The number of benzene rings is 1. The average molecular weight is 225 g/mol. The maximum Gasteiger partial charge on any atom is 0.180 e. The Kier molecular flexibility index (Phi) is 2.70. The number of nitrogens with two attached hydrogens (primary N) is 1. The fourth-order valence-electron chi connectivity index (χ4n) is 1.22. The molecular formula is C10H9ClN2S. The average Bonchev–Trinajstić information content (AvgIpc) is 2.56. The highest BCUT2D eigenvalue weighted by Gasteiger charge is 2.00. The van der Waals surface area contributed by atoms with Gasteiger partial charge in [0, 0.05) is 16.8 Å². The van der Waals surface area contributed by atoms with Crippen molar-refractivity contribution in [1.82, 2.24) is 4.98 Å². The molecule has 0 saturated heterocycles. The molecule has 0 radical (unpaired) electrons. The molecule has 0 unspecified atom stereocenters. The highest BCUT2D eigenvalue weighted by Crippen LogP contribution is 2.16. The lowest BCUT2D eigenvalue weighted by atomic mass is 10.1. The number of nitrogens with zero attached hydrogens (tertiary/aromatic N) is 1. The molecule has 72 valence electrons. The first-order chi connectivity index (χ1) is 6.74. The molecule has 14 heavy (non-hydrogen) atoms. The van der Waals surface area contributed by atoms with E-state index in [1.807, 2.05) is 29.6 Å². The van der Waals surface area contributed by atoms with Gasteiger partial charge in [-0.25, -0.2) is 4.98 Å². The highest BCUT2D eigenvalue weighted by molar-refractivity contribution is 7.13. The van der Waals surface area contributed by atoms with Crippen LogP contribution in [0, 0.1) is 0 Å². The van der Waals surface area contributed by atoms with Crippen molar-refractivity contribution in [2.75, 3.05) is 5.73 Å². The third-order valence-electron chi connectivity index (χ3n) is 1.87. The number of nitrogen functional groups attached to an aromatic ring is 1. The summed E-state index contributed by atoms with van der Waals surface area (Å²) in [5.41, 5.74) is 7.75. The highest BCUT2D eigenvalue weighted by atomic mass is 35.5. The SMILES string of the molecule is Nc1nc(Cc2ccc(Cl)cc2)cs1. The predicted molar refractivity (Wildman–Crippen MR) is 60.8 cm³/mol. The summed E-state index contributed by atoms with van der Waals surface area (Å²) < 4.78 is 0. The lowest BCUT2D eigenvalue weighted by molar-refractivity contribution is 1.11. The van der Waals surface area contributed by atoms with E-state index in [1.54, 1.807) is 0 Å². The summed E-state index contributed by atoms with van der Waals surface area (Å²) in [5, 5.41) is 3.35. The summed E-state index contributed by atoms with van der Waals surface area (Å²) in [4.78, 5) is 4.19. The molecule has 1 heterocycles. The molecule has 2 rings (SSSR count). The van der Waals surface area contributed by atoms with E-state index in [-0.39, 0.29) is 0 Å². The molecular weight excluding hydrogens is 216 g/mol. The fraction of sp³-hybridized carbons (Fsp3) is 0.100. The van der Waals surface area contributed by atoms with Gasteiger partial charge in [-0.15, -0.1) is 11.3 Å². The number of rotatable bonds is 2. The maximum atomic E-state index is 5.79. The van der Waals surface area contributed by atoms with Gasteiger partial charge in [0.05, 0.1) is 5.69 Å². The van der Waals surface area contributed by atoms with Crippen molar-refractivity contribution < 1.29 is 0 Å². The Morgan fingerprint density at radius 2 is 2.00 bits per heavy atom. The number of thiazole rings is 1. The van der Waals surface area contributed by atoms with Gasteiger partial charge in [-0.3, -0.25) is 0 Å². The molecule has 1 aromatic heterocycles. The van der Waals surface area contributed by atoms with Crippen molar-refractivity contribution in [1.29, 1.82) is 0 Å². The molecule has 2 nitrogen and oxygen atoms in total. The van der Waals surface area contributed by atoms with Crippen LogP contribution in [0.1, 0.15) is 11.3 Å². The van der Waals surface area contributed by atoms with E-state index in [1.165, 1.54) is 16.9 Å². The van der Waals surface area contributed by atoms with Crippen molar-refractivity contribution >= 4 is 28.1 Å². The fourth-order valence-corrected chi connectivity index (χ4v) is 1.90. The van der Waals surface area contributed by atoms with Crippen LogP contribution in [0.2, 0.25) is 5.02 Å². The van der Waals surface area contributed by atoms with Crippen LogP contribution in [0.5, 0.6) is 0 Å². The quantitative estimate of drug-likeness (QED) is 0.852. The first-order valence-corrected chi connectivity index (χ1v) is 5.44. The largest absolute Gasteiger partial charge is 0.375 e. The van der Waals surface area contributed by atoms with Gasteiger partial charge in [-0.1, -0.05) is 23.7 Å². The molecule has 0 atom stereocenters. The van der Waals surface area contributed by atoms with Gasteiger partial charge in [0.25, 0.3) is 0 Å². The zero-order chi connectivity index (χ0) is 9.97. The van der Waals surface area contributed by atoms with E-state index >= 15 is 0 Å². The minimum Gasteiger partial charge on any atom is -0.375 e. The summed E-state index contributed by atoms with van der Waals surface area (Å²) in [6, 6.07) is 7.76. The van der Waals surface area contributed by atoms with Crippen LogP contribution in [-0.4, -0.2) is 4.98 Å². The standard InChI is InChI=1S/C10H9ClN2S/c11-8-3-1-7(2-4-8)5-9-6-14-10(12)13-9/h1-4,6H,5H2,(H2,12,13).